The zero-order valence-corrected chi connectivity index (χ0v) is 17.6. The van der Waals surface area contributed by atoms with Crippen molar-refractivity contribution in [2.45, 2.75) is 97.4 Å². The Labute approximate surface area is 163 Å². The van der Waals surface area contributed by atoms with E-state index >= 15 is 0 Å². The average molecular weight is 388 g/mol. The van der Waals surface area contributed by atoms with Crippen LogP contribution in [0.1, 0.15) is 91.4 Å². The van der Waals surface area contributed by atoms with E-state index in [1.165, 1.54) is 38.5 Å². The molecule has 0 bridgehead atoms. The molecule has 0 unspecified atom stereocenters. The van der Waals surface area contributed by atoms with Gasteiger partial charge in [0.2, 0.25) is 5.91 Å². The molecule has 0 aliphatic rings. The number of ether oxygens (including phenoxy) is 1. The number of rotatable bonds is 16. The monoisotopic (exact) mass is 387 g/mol. The average Bonchev–Trinajstić information content (AvgIpc) is 2.60. The van der Waals surface area contributed by atoms with E-state index in [4.69, 9.17) is 4.74 Å². The van der Waals surface area contributed by atoms with Crippen molar-refractivity contribution in [2.24, 2.45) is 0 Å². The summed E-state index contributed by atoms with van der Waals surface area (Å²) in [6.45, 7) is 6.04. The first kappa shape index (κ1) is 25.0. The normalized spacial score (nSPS) is 11.8. The lowest BCUT2D eigenvalue weighted by atomic mass is 10.1. The first-order valence-corrected chi connectivity index (χ1v) is 11.1. The van der Waals surface area contributed by atoms with Gasteiger partial charge < -0.3 is 10.1 Å². The second-order valence-electron chi connectivity index (χ2n) is 6.46. The van der Waals surface area contributed by atoms with Gasteiger partial charge in [-0.15, -0.1) is 0 Å². The zero-order chi connectivity index (χ0) is 19.6. The predicted molar refractivity (Wildman–Crippen MR) is 108 cm³/mol. The highest BCUT2D eigenvalue weighted by molar-refractivity contribution is 8.13. The van der Waals surface area contributed by atoms with Gasteiger partial charge in [0, 0.05) is 12.8 Å². The van der Waals surface area contributed by atoms with Gasteiger partial charge in [-0.25, -0.2) is 4.79 Å². The molecule has 0 aromatic carbocycles. The van der Waals surface area contributed by atoms with Crippen molar-refractivity contribution in [2.75, 3.05) is 12.4 Å². The van der Waals surface area contributed by atoms with Crippen molar-refractivity contribution in [1.82, 2.24) is 5.32 Å². The molecule has 0 aromatic heterocycles. The number of thioether (sulfide) groups is 1. The van der Waals surface area contributed by atoms with Crippen molar-refractivity contribution < 1.29 is 19.1 Å². The predicted octanol–water partition coefficient (Wildman–Crippen LogP) is 4.63. The Morgan fingerprint density at radius 1 is 0.885 bits per heavy atom. The van der Waals surface area contributed by atoms with Crippen LogP contribution in [-0.4, -0.2) is 35.4 Å². The maximum Gasteiger partial charge on any atom is 0.329 e. The number of amides is 1. The lowest BCUT2D eigenvalue weighted by Gasteiger charge is -2.16. The van der Waals surface area contributed by atoms with E-state index in [1.807, 2.05) is 6.92 Å². The summed E-state index contributed by atoms with van der Waals surface area (Å²) in [5, 5.41) is 2.57. The Bertz CT molecular complexity index is 401. The number of esters is 1. The fourth-order valence-electron chi connectivity index (χ4n) is 2.69. The molecule has 1 amide bonds. The molecule has 1 N–H and O–H groups in total. The molecule has 0 aliphatic heterocycles. The maximum atomic E-state index is 12.1. The van der Waals surface area contributed by atoms with Crippen LogP contribution in [0.2, 0.25) is 0 Å². The summed E-state index contributed by atoms with van der Waals surface area (Å²) >= 11 is 1.16. The molecule has 0 radical (unpaired) electrons. The van der Waals surface area contributed by atoms with Crippen LogP contribution < -0.4 is 5.32 Å². The second kappa shape index (κ2) is 17.4. The molecule has 0 rings (SSSR count). The van der Waals surface area contributed by atoms with Crippen molar-refractivity contribution in [3.05, 3.63) is 0 Å². The van der Waals surface area contributed by atoms with Crippen LogP contribution in [0, 0.1) is 0 Å². The molecule has 1 atom stereocenters. The summed E-state index contributed by atoms with van der Waals surface area (Å²) < 4.78 is 4.97. The van der Waals surface area contributed by atoms with Crippen LogP contribution in [0.15, 0.2) is 0 Å². The molecule has 0 aliphatic carbocycles. The maximum absolute atomic E-state index is 12.1. The third-order valence-electron chi connectivity index (χ3n) is 4.09. The molecule has 0 spiro atoms. The van der Waals surface area contributed by atoms with Crippen LogP contribution in [0.3, 0.4) is 0 Å². The highest BCUT2D eigenvalue weighted by Gasteiger charge is 2.24. The first-order valence-electron chi connectivity index (χ1n) is 10.2. The third kappa shape index (κ3) is 14.2. The molecule has 0 fully saturated rings. The summed E-state index contributed by atoms with van der Waals surface area (Å²) in [4.78, 5) is 35.8. The number of hydrogen-bond donors (Lipinski definition) is 1. The molecule has 0 heterocycles. The van der Waals surface area contributed by atoms with E-state index in [0.29, 0.717) is 12.2 Å². The number of hydrogen-bond acceptors (Lipinski definition) is 5. The largest absolute Gasteiger partial charge is 0.464 e. The first-order chi connectivity index (χ1) is 12.5. The minimum atomic E-state index is -0.868. The van der Waals surface area contributed by atoms with Gasteiger partial charge >= 0.3 is 5.97 Å². The minimum Gasteiger partial charge on any atom is -0.464 e. The number of carbonyl (C=O) groups is 3. The Kier molecular flexibility index (Phi) is 16.7. The molecule has 0 saturated heterocycles. The van der Waals surface area contributed by atoms with E-state index in [-0.39, 0.29) is 24.1 Å². The van der Waals surface area contributed by atoms with E-state index in [9.17, 15) is 14.4 Å². The fourth-order valence-corrected chi connectivity index (χ4v) is 3.29. The van der Waals surface area contributed by atoms with Gasteiger partial charge in [-0.05, 0) is 19.1 Å². The van der Waals surface area contributed by atoms with Crippen LogP contribution in [0.5, 0.6) is 0 Å². The summed E-state index contributed by atoms with van der Waals surface area (Å²) in [5.74, 6) is -0.0564. The molecule has 6 heteroatoms. The summed E-state index contributed by atoms with van der Waals surface area (Å²) in [6.07, 6.45) is 11.1. The molecule has 5 nitrogen and oxygen atoms in total. The zero-order valence-electron chi connectivity index (χ0n) is 16.8. The van der Waals surface area contributed by atoms with Crippen LogP contribution in [0.4, 0.5) is 0 Å². The van der Waals surface area contributed by atoms with Gasteiger partial charge in [0.05, 0.1) is 6.61 Å². The topological polar surface area (TPSA) is 72.5 Å². The summed E-state index contributed by atoms with van der Waals surface area (Å²) in [5.41, 5.74) is 0. The Morgan fingerprint density at radius 2 is 1.46 bits per heavy atom. The Balaban J connectivity index is 4.01. The smallest absolute Gasteiger partial charge is 0.329 e. The number of carbonyl (C=O) groups excluding carboxylic acids is 3. The highest BCUT2D eigenvalue weighted by Crippen LogP contribution is 2.11. The minimum absolute atomic E-state index is 0.0131. The van der Waals surface area contributed by atoms with E-state index in [2.05, 4.69) is 12.2 Å². The van der Waals surface area contributed by atoms with E-state index in [0.717, 1.165) is 31.0 Å². The van der Waals surface area contributed by atoms with Crippen LogP contribution in [0.25, 0.3) is 0 Å². The lowest BCUT2D eigenvalue weighted by molar-refractivity contribution is -0.148. The molecular formula is C20H37NO4S. The quantitative estimate of drug-likeness (QED) is 0.309. The van der Waals surface area contributed by atoms with Crippen molar-refractivity contribution in [3.8, 4) is 0 Å². The summed E-state index contributed by atoms with van der Waals surface area (Å²) in [7, 11) is 0. The number of unbranched alkanes of at least 4 members (excludes halogenated alkanes) is 8. The standard InChI is InChI=1S/C20H37NO4S/c1-4-7-8-9-10-11-12-13-14-15-18(22)21-17(20(24)25-5-2)16-19(23)26-6-3/h17H,4-16H2,1-3H3,(H,21,22)/t17-/m1/s1. The molecular weight excluding hydrogens is 350 g/mol. The molecule has 152 valence electrons. The van der Waals surface area contributed by atoms with E-state index in [1.54, 1.807) is 6.92 Å². The van der Waals surface area contributed by atoms with Gasteiger partial charge in [0.25, 0.3) is 0 Å². The van der Waals surface area contributed by atoms with E-state index < -0.39 is 12.0 Å². The SMILES string of the molecule is CCCCCCCCCCCC(=O)N[C@H](CC(=O)SCC)C(=O)OCC. The van der Waals surface area contributed by atoms with Crippen molar-refractivity contribution >= 4 is 28.8 Å². The molecule has 0 aromatic rings. The Hall–Kier alpha value is -1.04. The van der Waals surface area contributed by atoms with Gasteiger partial charge in [-0.3, -0.25) is 9.59 Å². The van der Waals surface area contributed by atoms with Gasteiger partial charge in [-0.2, -0.15) is 0 Å². The van der Waals surface area contributed by atoms with Gasteiger partial charge in [-0.1, -0.05) is 77.0 Å². The number of nitrogens with one attached hydrogen (secondary N) is 1. The van der Waals surface area contributed by atoms with Gasteiger partial charge in [0.1, 0.15) is 6.04 Å². The van der Waals surface area contributed by atoms with Crippen LogP contribution in [-0.2, 0) is 19.1 Å². The highest BCUT2D eigenvalue weighted by atomic mass is 32.2. The van der Waals surface area contributed by atoms with Crippen LogP contribution >= 0.6 is 11.8 Å². The third-order valence-corrected chi connectivity index (χ3v) is 4.87. The Morgan fingerprint density at radius 3 is 2.00 bits per heavy atom. The fraction of sp³-hybridized carbons (Fsp3) is 0.850. The second-order valence-corrected chi connectivity index (χ2v) is 7.78. The summed E-state index contributed by atoms with van der Waals surface area (Å²) in [6, 6.07) is -0.868. The van der Waals surface area contributed by atoms with Gasteiger partial charge in [0.15, 0.2) is 5.12 Å². The molecule has 0 saturated carbocycles. The molecule has 26 heavy (non-hydrogen) atoms. The van der Waals surface area contributed by atoms with Crippen molar-refractivity contribution in [3.63, 3.8) is 0 Å². The lowest BCUT2D eigenvalue weighted by Crippen LogP contribution is -2.43. The van der Waals surface area contributed by atoms with Crippen molar-refractivity contribution in [1.29, 1.82) is 0 Å².